The first kappa shape index (κ1) is 13.0. The van der Waals surface area contributed by atoms with Gasteiger partial charge >= 0.3 is 0 Å². The molecule has 2 aromatic carbocycles. The Morgan fingerprint density at radius 2 is 1.85 bits per heavy atom. The van der Waals surface area contributed by atoms with Gasteiger partial charge in [0.25, 0.3) is 0 Å². The zero-order valence-electron chi connectivity index (χ0n) is 11.1. The summed E-state index contributed by atoms with van der Waals surface area (Å²) in [6, 6.07) is 10.2. The summed E-state index contributed by atoms with van der Waals surface area (Å²) >= 11 is 0. The molecule has 1 aliphatic carbocycles. The monoisotopic (exact) mass is 272 g/mol. The van der Waals surface area contributed by atoms with E-state index < -0.39 is 5.82 Å². The first-order chi connectivity index (χ1) is 9.63. The van der Waals surface area contributed by atoms with E-state index >= 15 is 0 Å². The number of phenols is 2. The lowest BCUT2D eigenvalue weighted by atomic mass is 9.90. The molecule has 0 aliphatic heterocycles. The van der Waals surface area contributed by atoms with Crippen LogP contribution in [0.2, 0.25) is 0 Å². The van der Waals surface area contributed by atoms with Crippen LogP contribution >= 0.6 is 0 Å². The van der Waals surface area contributed by atoms with Crippen LogP contribution in [0.3, 0.4) is 0 Å². The maximum absolute atomic E-state index is 13.5. The second-order valence-electron chi connectivity index (χ2n) is 5.46. The Morgan fingerprint density at radius 3 is 2.65 bits per heavy atom. The Morgan fingerprint density at radius 1 is 1.00 bits per heavy atom. The van der Waals surface area contributed by atoms with Crippen molar-refractivity contribution in [1.82, 2.24) is 0 Å². The number of hydrogen-bond donors (Lipinski definition) is 2. The second-order valence-corrected chi connectivity index (χ2v) is 5.46. The molecule has 0 saturated heterocycles. The average molecular weight is 272 g/mol. The molecule has 0 saturated carbocycles. The lowest BCUT2D eigenvalue weighted by molar-refractivity contribution is 0.431. The third-order valence-electron chi connectivity index (χ3n) is 4.10. The molecular weight excluding hydrogens is 255 g/mol. The summed E-state index contributed by atoms with van der Waals surface area (Å²) < 4.78 is 13.5. The van der Waals surface area contributed by atoms with Gasteiger partial charge < -0.3 is 10.2 Å². The summed E-state index contributed by atoms with van der Waals surface area (Å²) in [6.45, 7) is 0. The van der Waals surface area contributed by atoms with E-state index in [1.54, 1.807) is 12.1 Å². The fourth-order valence-electron chi connectivity index (χ4n) is 3.01. The van der Waals surface area contributed by atoms with Gasteiger partial charge in [-0.05, 0) is 72.6 Å². The molecule has 3 heteroatoms. The van der Waals surface area contributed by atoms with Crippen LogP contribution in [0.1, 0.15) is 35.4 Å². The number of aryl methyl sites for hydroxylation is 1. The van der Waals surface area contributed by atoms with Crippen LogP contribution in [0.5, 0.6) is 11.5 Å². The Labute approximate surface area is 117 Å². The lowest BCUT2D eigenvalue weighted by Crippen LogP contribution is -2.02. The molecule has 2 aromatic rings. The highest BCUT2D eigenvalue weighted by molar-refractivity contribution is 5.38. The summed E-state index contributed by atoms with van der Waals surface area (Å²) in [7, 11) is 0. The second kappa shape index (κ2) is 5.16. The predicted molar refractivity (Wildman–Crippen MR) is 75.6 cm³/mol. The van der Waals surface area contributed by atoms with Crippen molar-refractivity contribution in [2.45, 2.75) is 31.6 Å². The standard InChI is InChI=1S/C17H17FO2/c18-16-10-14(5-7-17(16)20)11-2-1-3-12-9-15(19)6-4-13(12)8-11/h4-7,9-11,19-20H,1-3,8H2/t11-/m0/s1. The van der Waals surface area contributed by atoms with Gasteiger partial charge in [0.2, 0.25) is 0 Å². The van der Waals surface area contributed by atoms with Crippen molar-refractivity contribution < 1.29 is 14.6 Å². The van der Waals surface area contributed by atoms with E-state index in [1.807, 2.05) is 12.1 Å². The highest BCUT2D eigenvalue weighted by Crippen LogP contribution is 2.34. The van der Waals surface area contributed by atoms with Gasteiger partial charge in [0.1, 0.15) is 5.75 Å². The van der Waals surface area contributed by atoms with Gasteiger partial charge in [0.15, 0.2) is 11.6 Å². The van der Waals surface area contributed by atoms with E-state index in [-0.39, 0.29) is 11.7 Å². The van der Waals surface area contributed by atoms with Crippen LogP contribution in [-0.4, -0.2) is 10.2 Å². The molecule has 0 bridgehead atoms. The van der Waals surface area contributed by atoms with Crippen molar-refractivity contribution in [3.8, 4) is 11.5 Å². The molecule has 0 radical (unpaired) electrons. The fraction of sp³-hybridized carbons (Fsp3) is 0.294. The number of rotatable bonds is 1. The summed E-state index contributed by atoms with van der Waals surface area (Å²) in [5.41, 5.74) is 3.34. The highest BCUT2D eigenvalue weighted by atomic mass is 19.1. The average Bonchev–Trinajstić information content (AvgIpc) is 2.63. The van der Waals surface area contributed by atoms with Crippen molar-refractivity contribution >= 4 is 0 Å². The zero-order chi connectivity index (χ0) is 14.1. The summed E-state index contributed by atoms with van der Waals surface area (Å²) in [6.07, 6.45) is 3.80. The van der Waals surface area contributed by atoms with Gasteiger partial charge in [0, 0.05) is 0 Å². The maximum Gasteiger partial charge on any atom is 0.165 e. The number of aromatic hydroxyl groups is 2. The predicted octanol–water partition coefficient (Wildman–Crippen LogP) is 3.90. The molecular formula is C17H17FO2. The van der Waals surface area contributed by atoms with Crippen molar-refractivity contribution in [2.75, 3.05) is 0 Å². The van der Waals surface area contributed by atoms with Crippen LogP contribution in [0.15, 0.2) is 36.4 Å². The van der Waals surface area contributed by atoms with Crippen molar-refractivity contribution in [2.24, 2.45) is 0 Å². The highest BCUT2D eigenvalue weighted by Gasteiger charge is 2.19. The quantitative estimate of drug-likeness (QED) is 0.773. The Kier molecular flexibility index (Phi) is 3.35. The van der Waals surface area contributed by atoms with Gasteiger partial charge in [-0.1, -0.05) is 12.1 Å². The number of halogens is 1. The van der Waals surface area contributed by atoms with Crippen molar-refractivity contribution in [3.05, 3.63) is 58.9 Å². The molecule has 0 unspecified atom stereocenters. The van der Waals surface area contributed by atoms with Crippen LogP contribution < -0.4 is 0 Å². The van der Waals surface area contributed by atoms with E-state index in [1.165, 1.54) is 23.3 Å². The molecule has 1 aliphatic rings. The van der Waals surface area contributed by atoms with Gasteiger partial charge in [-0.25, -0.2) is 4.39 Å². The molecule has 1 atom stereocenters. The number of hydrogen-bond acceptors (Lipinski definition) is 2. The smallest absolute Gasteiger partial charge is 0.165 e. The molecule has 0 heterocycles. The Hall–Kier alpha value is -2.03. The molecule has 0 spiro atoms. The van der Waals surface area contributed by atoms with Gasteiger partial charge in [-0.3, -0.25) is 0 Å². The van der Waals surface area contributed by atoms with E-state index in [0.717, 1.165) is 31.2 Å². The topological polar surface area (TPSA) is 40.5 Å². The normalized spacial score (nSPS) is 18.4. The molecule has 0 amide bonds. The van der Waals surface area contributed by atoms with Gasteiger partial charge in [-0.2, -0.15) is 0 Å². The number of benzene rings is 2. The molecule has 0 aromatic heterocycles. The minimum absolute atomic E-state index is 0.260. The largest absolute Gasteiger partial charge is 0.508 e. The van der Waals surface area contributed by atoms with Crippen LogP contribution in [-0.2, 0) is 12.8 Å². The maximum atomic E-state index is 13.5. The fourth-order valence-corrected chi connectivity index (χ4v) is 3.01. The van der Waals surface area contributed by atoms with Crippen molar-refractivity contribution in [3.63, 3.8) is 0 Å². The number of phenolic OH excluding ortho intramolecular Hbond substituents is 2. The summed E-state index contributed by atoms with van der Waals surface area (Å²) in [5.74, 6) is -0.292. The number of fused-ring (bicyclic) bond motifs is 1. The third-order valence-corrected chi connectivity index (χ3v) is 4.10. The molecule has 20 heavy (non-hydrogen) atoms. The lowest BCUT2D eigenvalue weighted by Gasteiger charge is -2.16. The van der Waals surface area contributed by atoms with E-state index in [0.29, 0.717) is 5.75 Å². The first-order valence-corrected chi connectivity index (χ1v) is 6.92. The zero-order valence-corrected chi connectivity index (χ0v) is 11.1. The summed E-state index contributed by atoms with van der Waals surface area (Å²) in [5, 5.41) is 18.8. The molecule has 3 rings (SSSR count). The van der Waals surface area contributed by atoms with E-state index in [9.17, 15) is 14.6 Å². The van der Waals surface area contributed by atoms with E-state index in [4.69, 9.17) is 0 Å². The molecule has 2 N–H and O–H groups in total. The van der Waals surface area contributed by atoms with Crippen LogP contribution in [0.4, 0.5) is 4.39 Å². The van der Waals surface area contributed by atoms with Crippen LogP contribution in [0.25, 0.3) is 0 Å². The SMILES string of the molecule is Oc1ccc2c(c1)CCC[C@H](c1ccc(O)c(F)c1)C2. The van der Waals surface area contributed by atoms with Gasteiger partial charge in [-0.15, -0.1) is 0 Å². The molecule has 2 nitrogen and oxygen atoms in total. The Bertz CT molecular complexity index is 637. The summed E-state index contributed by atoms with van der Waals surface area (Å²) in [4.78, 5) is 0. The van der Waals surface area contributed by atoms with Crippen LogP contribution in [0, 0.1) is 5.82 Å². The molecule has 104 valence electrons. The van der Waals surface area contributed by atoms with E-state index in [2.05, 4.69) is 0 Å². The van der Waals surface area contributed by atoms with Gasteiger partial charge in [0.05, 0.1) is 0 Å². The Balaban J connectivity index is 1.92. The minimum atomic E-state index is -0.558. The first-order valence-electron chi connectivity index (χ1n) is 6.92. The molecule has 0 fully saturated rings. The minimum Gasteiger partial charge on any atom is -0.508 e. The van der Waals surface area contributed by atoms with Crippen molar-refractivity contribution in [1.29, 1.82) is 0 Å². The third kappa shape index (κ3) is 2.48.